The molecule has 0 aliphatic carbocycles. The Morgan fingerprint density at radius 2 is 1.81 bits per heavy atom. The molecule has 0 bridgehead atoms. The van der Waals surface area contributed by atoms with Crippen LogP contribution in [0.3, 0.4) is 0 Å². The lowest BCUT2D eigenvalue weighted by Crippen LogP contribution is -2.01. The number of nitro benzene ring substituents is 1. The summed E-state index contributed by atoms with van der Waals surface area (Å²) >= 11 is 3.38. The van der Waals surface area contributed by atoms with Crippen molar-refractivity contribution in [2.75, 3.05) is 0 Å². The maximum atomic E-state index is 13.8. The van der Waals surface area contributed by atoms with E-state index in [1.54, 1.807) is 19.1 Å². The molecule has 2 aromatic carbocycles. The number of alkyl halides is 1. The molecule has 21 heavy (non-hydrogen) atoms. The molecule has 2 rings (SSSR count). The zero-order valence-electron chi connectivity index (χ0n) is 11.1. The minimum Gasteiger partial charge on any atom is -0.258 e. The Morgan fingerprint density at radius 1 is 1.19 bits per heavy atom. The molecule has 0 heterocycles. The molecule has 6 heteroatoms. The first-order chi connectivity index (χ1) is 9.88. The van der Waals surface area contributed by atoms with Crippen molar-refractivity contribution in [1.29, 1.82) is 0 Å². The van der Waals surface area contributed by atoms with Gasteiger partial charge in [0.05, 0.1) is 4.92 Å². The van der Waals surface area contributed by atoms with Gasteiger partial charge in [-0.1, -0.05) is 28.1 Å². The SMILES string of the molecule is Cc1cc(C(Br)Cc2ccc([N+](=O)[O-])cc2)c(F)cc1F. The third kappa shape index (κ3) is 3.64. The summed E-state index contributed by atoms with van der Waals surface area (Å²) in [5, 5.41) is 10.6. The van der Waals surface area contributed by atoms with Crippen LogP contribution in [0.4, 0.5) is 14.5 Å². The van der Waals surface area contributed by atoms with E-state index in [9.17, 15) is 18.9 Å². The molecule has 0 radical (unpaired) electrons. The molecule has 0 saturated heterocycles. The van der Waals surface area contributed by atoms with Gasteiger partial charge in [-0.25, -0.2) is 8.78 Å². The fourth-order valence-corrected chi connectivity index (χ4v) is 2.71. The van der Waals surface area contributed by atoms with E-state index in [2.05, 4.69) is 15.9 Å². The monoisotopic (exact) mass is 355 g/mol. The van der Waals surface area contributed by atoms with E-state index >= 15 is 0 Å². The zero-order chi connectivity index (χ0) is 15.6. The first-order valence-corrected chi connectivity index (χ1v) is 7.13. The van der Waals surface area contributed by atoms with Crippen molar-refractivity contribution in [3.8, 4) is 0 Å². The smallest absolute Gasteiger partial charge is 0.258 e. The summed E-state index contributed by atoms with van der Waals surface area (Å²) in [5.41, 5.74) is 1.57. The minimum absolute atomic E-state index is 0.00804. The summed E-state index contributed by atoms with van der Waals surface area (Å²) in [5.74, 6) is -1.19. The first-order valence-electron chi connectivity index (χ1n) is 6.21. The highest BCUT2D eigenvalue weighted by Gasteiger charge is 2.16. The van der Waals surface area contributed by atoms with Crippen molar-refractivity contribution >= 4 is 21.6 Å². The van der Waals surface area contributed by atoms with Gasteiger partial charge in [0.15, 0.2) is 0 Å². The topological polar surface area (TPSA) is 43.1 Å². The molecule has 1 unspecified atom stereocenters. The maximum absolute atomic E-state index is 13.8. The van der Waals surface area contributed by atoms with Crippen LogP contribution in [-0.4, -0.2) is 4.92 Å². The molecule has 0 aliphatic rings. The van der Waals surface area contributed by atoms with Crippen LogP contribution in [0.1, 0.15) is 21.5 Å². The Morgan fingerprint density at radius 3 is 2.38 bits per heavy atom. The number of nitrogens with zero attached hydrogens (tertiary/aromatic N) is 1. The van der Waals surface area contributed by atoms with E-state index in [4.69, 9.17) is 0 Å². The highest BCUT2D eigenvalue weighted by atomic mass is 79.9. The van der Waals surface area contributed by atoms with Crippen LogP contribution in [0.15, 0.2) is 36.4 Å². The summed E-state index contributed by atoms with van der Waals surface area (Å²) in [7, 11) is 0. The fourth-order valence-electron chi connectivity index (χ4n) is 1.99. The third-order valence-corrected chi connectivity index (χ3v) is 3.99. The Balaban J connectivity index is 2.19. The Labute approximate surface area is 128 Å². The lowest BCUT2D eigenvalue weighted by molar-refractivity contribution is -0.384. The number of halogens is 3. The van der Waals surface area contributed by atoms with Crippen molar-refractivity contribution in [2.24, 2.45) is 0 Å². The van der Waals surface area contributed by atoms with Crippen molar-refractivity contribution in [2.45, 2.75) is 18.2 Å². The van der Waals surface area contributed by atoms with Crippen LogP contribution in [0.25, 0.3) is 0 Å². The predicted octanol–water partition coefficient (Wildman–Crippen LogP) is 4.86. The molecule has 110 valence electrons. The van der Waals surface area contributed by atoms with Gasteiger partial charge in [0.25, 0.3) is 5.69 Å². The van der Waals surface area contributed by atoms with Crippen LogP contribution >= 0.6 is 15.9 Å². The molecule has 1 atom stereocenters. The van der Waals surface area contributed by atoms with E-state index in [1.165, 1.54) is 18.2 Å². The highest BCUT2D eigenvalue weighted by molar-refractivity contribution is 9.09. The maximum Gasteiger partial charge on any atom is 0.269 e. The van der Waals surface area contributed by atoms with Gasteiger partial charge in [0.1, 0.15) is 11.6 Å². The minimum atomic E-state index is -0.609. The fraction of sp³-hybridized carbons (Fsp3) is 0.200. The van der Waals surface area contributed by atoms with Crippen molar-refractivity contribution in [3.05, 3.63) is 74.8 Å². The van der Waals surface area contributed by atoms with Gasteiger partial charge < -0.3 is 0 Å². The normalized spacial score (nSPS) is 12.2. The number of nitro groups is 1. The van der Waals surface area contributed by atoms with Gasteiger partial charge in [0.2, 0.25) is 0 Å². The first kappa shape index (κ1) is 15.6. The Bertz CT molecular complexity index is 674. The molecule has 0 saturated carbocycles. The molecule has 0 spiro atoms. The zero-order valence-corrected chi connectivity index (χ0v) is 12.7. The molecule has 2 aromatic rings. The second-order valence-corrected chi connectivity index (χ2v) is 5.82. The summed E-state index contributed by atoms with van der Waals surface area (Å²) in [4.78, 5) is 9.77. The van der Waals surface area contributed by atoms with Crippen LogP contribution < -0.4 is 0 Å². The average Bonchev–Trinajstić information content (AvgIpc) is 2.43. The Hall–Kier alpha value is -1.82. The van der Waals surface area contributed by atoms with E-state index in [0.717, 1.165) is 11.6 Å². The molecular formula is C15H12BrF2NO2. The van der Waals surface area contributed by atoms with Crippen molar-refractivity contribution in [3.63, 3.8) is 0 Å². The van der Waals surface area contributed by atoms with Crippen molar-refractivity contribution < 1.29 is 13.7 Å². The number of rotatable bonds is 4. The summed E-state index contributed by atoms with van der Waals surface area (Å²) in [6.45, 7) is 1.57. The van der Waals surface area contributed by atoms with Crippen LogP contribution in [-0.2, 0) is 6.42 Å². The lowest BCUT2D eigenvalue weighted by atomic mass is 10.0. The highest BCUT2D eigenvalue weighted by Crippen LogP contribution is 2.31. The lowest BCUT2D eigenvalue weighted by Gasteiger charge is -2.12. The van der Waals surface area contributed by atoms with Crippen LogP contribution in [0, 0.1) is 28.7 Å². The van der Waals surface area contributed by atoms with Gasteiger partial charge in [-0.15, -0.1) is 0 Å². The predicted molar refractivity (Wildman–Crippen MR) is 79.6 cm³/mol. The number of benzene rings is 2. The average molecular weight is 356 g/mol. The van der Waals surface area contributed by atoms with E-state index in [-0.39, 0.29) is 10.5 Å². The Kier molecular flexibility index (Phi) is 4.67. The largest absolute Gasteiger partial charge is 0.269 e. The molecule has 3 nitrogen and oxygen atoms in total. The van der Waals surface area contributed by atoms with Gasteiger partial charge in [0, 0.05) is 28.6 Å². The molecule has 0 aliphatic heterocycles. The second-order valence-electron chi connectivity index (χ2n) is 4.72. The number of aryl methyl sites for hydroxylation is 1. The standard InChI is InChI=1S/C15H12BrF2NO2/c1-9-6-12(15(18)8-14(9)17)13(16)7-10-2-4-11(5-3-10)19(20)21/h2-6,8,13H,7H2,1H3. The second kappa shape index (κ2) is 6.30. The quantitative estimate of drug-likeness (QED) is 0.446. The number of non-ortho nitro benzene ring substituents is 1. The van der Waals surface area contributed by atoms with E-state index in [1.807, 2.05) is 0 Å². The van der Waals surface area contributed by atoms with E-state index in [0.29, 0.717) is 17.5 Å². The summed E-state index contributed by atoms with van der Waals surface area (Å²) < 4.78 is 27.0. The van der Waals surface area contributed by atoms with Gasteiger partial charge in [-0.05, 0) is 30.5 Å². The van der Waals surface area contributed by atoms with Gasteiger partial charge in [-0.3, -0.25) is 10.1 Å². The summed E-state index contributed by atoms with van der Waals surface area (Å²) in [6.07, 6.45) is 0.444. The van der Waals surface area contributed by atoms with E-state index < -0.39 is 16.6 Å². The molecular weight excluding hydrogens is 344 g/mol. The molecule has 0 amide bonds. The molecule has 0 N–H and O–H groups in total. The van der Waals surface area contributed by atoms with Gasteiger partial charge >= 0.3 is 0 Å². The molecule has 0 aromatic heterocycles. The van der Waals surface area contributed by atoms with Crippen LogP contribution in [0.2, 0.25) is 0 Å². The van der Waals surface area contributed by atoms with Crippen LogP contribution in [0.5, 0.6) is 0 Å². The summed E-state index contributed by atoms with van der Waals surface area (Å²) in [6, 6.07) is 8.40. The number of hydrogen-bond donors (Lipinski definition) is 0. The van der Waals surface area contributed by atoms with Gasteiger partial charge in [-0.2, -0.15) is 0 Å². The van der Waals surface area contributed by atoms with Crippen molar-refractivity contribution in [1.82, 2.24) is 0 Å². The third-order valence-electron chi connectivity index (χ3n) is 3.18. The number of hydrogen-bond acceptors (Lipinski definition) is 2. The molecule has 0 fully saturated rings.